The first kappa shape index (κ1) is 19.3. The molecule has 4 nitrogen and oxygen atoms in total. The molecule has 154 valence electrons. The van der Waals surface area contributed by atoms with Crippen molar-refractivity contribution < 1.29 is 19.0 Å². The van der Waals surface area contributed by atoms with Crippen molar-refractivity contribution in [3.05, 3.63) is 23.3 Å². The van der Waals surface area contributed by atoms with E-state index < -0.39 is 5.79 Å². The molecular formula is C23H31BrO4. The third kappa shape index (κ3) is 2.45. The lowest BCUT2D eigenvalue weighted by Gasteiger charge is -2.54. The number of carbonyl (C=O) groups is 1. The van der Waals surface area contributed by atoms with E-state index in [1.54, 1.807) is 11.1 Å². The molecule has 0 aromatic rings. The second-order valence-corrected chi connectivity index (χ2v) is 10.9. The summed E-state index contributed by atoms with van der Waals surface area (Å²) in [6, 6.07) is 0. The molecule has 28 heavy (non-hydrogen) atoms. The predicted molar refractivity (Wildman–Crippen MR) is 110 cm³/mol. The van der Waals surface area contributed by atoms with E-state index in [4.69, 9.17) is 14.2 Å². The third-order valence-corrected chi connectivity index (χ3v) is 9.57. The van der Waals surface area contributed by atoms with E-state index >= 15 is 0 Å². The van der Waals surface area contributed by atoms with Gasteiger partial charge in [0, 0.05) is 17.8 Å². The fourth-order valence-electron chi connectivity index (χ4n) is 7.17. The maximum absolute atomic E-state index is 11.4. The molecule has 0 bridgehead atoms. The van der Waals surface area contributed by atoms with Crippen LogP contribution in [0, 0.1) is 22.7 Å². The molecular weight excluding hydrogens is 420 g/mol. The van der Waals surface area contributed by atoms with Gasteiger partial charge in [-0.3, -0.25) is 4.79 Å². The number of hydrogen-bond donors (Lipinski definition) is 0. The van der Waals surface area contributed by atoms with Gasteiger partial charge in [0.2, 0.25) is 0 Å². The largest absolute Gasteiger partial charge is 0.458 e. The number of ether oxygens (including phenoxy) is 3. The zero-order valence-electron chi connectivity index (χ0n) is 17.1. The zero-order chi connectivity index (χ0) is 19.7. The van der Waals surface area contributed by atoms with Gasteiger partial charge >= 0.3 is 5.97 Å². The average Bonchev–Trinajstić information content (AvgIpc) is 3.22. The van der Waals surface area contributed by atoms with Crippen LogP contribution in [-0.4, -0.2) is 35.9 Å². The van der Waals surface area contributed by atoms with Crippen molar-refractivity contribution in [1.29, 1.82) is 0 Å². The van der Waals surface area contributed by atoms with Crippen LogP contribution in [0.25, 0.3) is 0 Å². The molecule has 1 saturated carbocycles. The molecule has 1 aliphatic heterocycles. The number of allylic oxidation sites excluding steroid dienone is 3. The Hall–Kier alpha value is -0.650. The molecule has 5 heteroatoms. The normalized spacial score (nSPS) is 46.3. The molecule has 4 aliphatic carbocycles. The molecule has 0 aromatic heterocycles. The van der Waals surface area contributed by atoms with Crippen LogP contribution in [0.5, 0.6) is 0 Å². The molecule has 1 saturated heterocycles. The number of alkyl halides is 1. The summed E-state index contributed by atoms with van der Waals surface area (Å²) >= 11 is 3.94. The minimum absolute atomic E-state index is 0.0400. The van der Waals surface area contributed by atoms with Crippen molar-refractivity contribution in [3.8, 4) is 0 Å². The lowest BCUT2D eigenvalue weighted by Crippen LogP contribution is -2.52. The monoisotopic (exact) mass is 450 g/mol. The summed E-state index contributed by atoms with van der Waals surface area (Å²) in [5.74, 6) is 0.435. The highest BCUT2D eigenvalue weighted by Gasteiger charge is 2.68. The molecule has 0 radical (unpaired) electrons. The van der Waals surface area contributed by atoms with Crippen molar-refractivity contribution in [2.75, 3.05) is 13.2 Å². The molecule has 0 N–H and O–H groups in total. The standard InChI is InChI=1S/C23H31BrO4/c1-14(25)28-16-6-8-21(2)15(12-16)4-5-17-18(21)7-9-22(3)19(17)13-20(24)23(22)26-10-11-27-23/h6,8,15-16,19-20H,4-5,7,9-13H2,1-3H3/t15?,16?,19?,20?,21-,22-/m0/s1. The maximum Gasteiger partial charge on any atom is 0.303 e. The van der Waals surface area contributed by atoms with Crippen LogP contribution in [0.2, 0.25) is 0 Å². The Kier molecular flexibility index (Phi) is 4.43. The summed E-state index contributed by atoms with van der Waals surface area (Å²) in [4.78, 5) is 11.7. The SMILES string of the molecule is CC(=O)OC1C=C[C@]2(C)C3=C(CCC2C1)C1CC(Br)C2(OCCO2)[C@@]1(C)CC3. The van der Waals surface area contributed by atoms with E-state index in [2.05, 4.69) is 41.9 Å². The minimum atomic E-state index is -0.462. The van der Waals surface area contributed by atoms with Gasteiger partial charge in [-0.15, -0.1) is 0 Å². The van der Waals surface area contributed by atoms with Gasteiger partial charge in [0.15, 0.2) is 5.79 Å². The summed E-state index contributed by atoms with van der Waals surface area (Å²) in [6.07, 6.45) is 11.0. The maximum atomic E-state index is 11.4. The van der Waals surface area contributed by atoms with Crippen LogP contribution in [0.15, 0.2) is 23.3 Å². The second kappa shape index (κ2) is 6.42. The Labute approximate surface area is 176 Å². The highest BCUT2D eigenvalue weighted by Crippen LogP contribution is 2.67. The average molecular weight is 451 g/mol. The van der Waals surface area contributed by atoms with Gasteiger partial charge in [-0.05, 0) is 56.4 Å². The van der Waals surface area contributed by atoms with Crippen molar-refractivity contribution >= 4 is 21.9 Å². The summed E-state index contributed by atoms with van der Waals surface area (Å²) in [7, 11) is 0. The van der Waals surface area contributed by atoms with Crippen LogP contribution >= 0.6 is 15.9 Å². The molecule has 5 rings (SSSR count). The van der Waals surface area contributed by atoms with E-state index in [-0.39, 0.29) is 27.7 Å². The van der Waals surface area contributed by atoms with Gasteiger partial charge in [0.25, 0.3) is 0 Å². The lowest BCUT2D eigenvalue weighted by molar-refractivity contribution is -0.222. The molecule has 0 aromatic carbocycles. The summed E-state index contributed by atoms with van der Waals surface area (Å²) in [5, 5.41) is 0. The van der Waals surface area contributed by atoms with Gasteiger partial charge in [-0.2, -0.15) is 0 Å². The summed E-state index contributed by atoms with van der Waals surface area (Å²) in [6.45, 7) is 7.72. The highest BCUT2D eigenvalue weighted by molar-refractivity contribution is 9.09. The first-order valence-corrected chi connectivity index (χ1v) is 11.7. The fraction of sp³-hybridized carbons (Fsp3) is 0.783. The van der Waals surface area contributed by atoms with Crippen LogP contribution in [-0.2, 0) is 19.0 Å². The molecule has 5 aliphatic rings. The molecule has 6 atom stereocenters. The Morgan fingerprint density at radius 1 is 1.21 bits per heavy atom. The van der Waals surface area contributed by atoms with Gasteiger partial charge in [-0.1, -0.05) is 47.0 Å². The zero-order valence-corrected chi connectivity index (χ0v) is 18.7. The van der Waals surface area contributed by atoms with E-state index in [1.165, 1.54) is 13.3 Å². The smallest absolute Gasteiger partial charge is 0.303 e. The number of halogens is 1. The van der Waals surface area contributed by atoms with Crippen molar-refractivity contribution in [2.45, 2.75) is 76.0 Å². The number of hydrogen-bond acceptors (Lipinski definition) is 4. The number of carbonyl (C=O) groups excluding carboxylic acids is 1. The molecule has 4 unspecified atom stereocenters. The number of esters is 1. The van der Waals surface area contributed by atoms with E-state index in [0.29, 0.717) is 25.0 Å². The Morgan fingerprint density at radius 3 is 2.68 bits per heavy atom. The highest BCUT2D eigenvalue weighted by atomic mass is 79.9. The Morgan fingerprint density at radius 2 is 1.96 bits per heavy atom. The van der Waals surface area contributed by atoms with E-state index in [9.17, 15) is 4.79 Å². The van der Waals surface area contributed by atoms with E-state index in [1.807, 2.05) is 0 Å². The molecule has 2 fully saturated rings. The number of fused-ring (bicyclic) bond motifs is 5. The third-order valence-electron chi connectivity index (χ3n) is 8.59. The van der Waals surface area contributed by atoms with Crippen LogP contribution in [0.1, 0.15) is 59.3 Å². The Bertz CT molecular complexity index is 752. The molecule has 1 heterocycles. The van der Waals surface area contributed by atoms with Gasteiger partial charge in [-0.25, -0.2) is 0 Å². The first-order chi connectivity index (χ1) is 13.3. The van der Waals surface area contributed by atoms with E-state index in [0.717, 1.165) is 32.1 Å². The predicted octanol–water partition coefficient (Wildman–Crippen LogP) is 4.92. The van der Waals surface area contributed by atoms with Gasteiger partial charge in [0.05, 0.1) is 18.0 Å². The lowest BCUT2D eigenvalue weighted by atomic mass is 9.53. The van der Waals surface area contributed by atoms with Crippen LogP contribution in [0.3, 0.4) is 0 Å². The topological polar surface area (TPSA) is 44.8 Å². The summed E-state index contributed by atoms with van der Waals surface area (Å²) in [5.41, 5.74) is 3.46. The molecule has 1 spiro atoms. The quantitative estimate of drug-likeness (QED) is 0.323. The Balaban J connectivity index is 1.51. The van der Waals surface area contributed by atoms with Gasteiger partial charge in [0.1, 0.15) is 6.10 Å². The van der Waals surface area contributed by atoms with Gasteiger partial charge < -0.3 is 14.2 Å². The van der Waals surface area contributed by atoms with Crippen LogP contribution in [0.4, 0.5) is 0 Å². The van der Waals surface area contributed by atoms with Crippen molar-refractivity contribution in [3.63, 3.8) is 0 Å². The van der Waals surface area contributed by atoms with Crippen molar-refractivity contribution in [2.24, 2.45) is 22.7 Å². The van der Waals surface area contributed by atoms with Crippen molar-refractivity contribution in [1.82, 2.24) is 0 Å². The first-order valence-electron chi connectivity index (χ1n) is 10.8. The summed E-state index contributed by atoms with van der Waals surface area (Å²) < 4.78 is 18.1. The second-order valence-electron chi connectivity index (χ2n) is 9.80. The van der Waals surface area contributed by atoms with Crippen LogP contribution < -0.4 is 0 Å². The fourth-order valence-corrected chi connectivity index (χ4v) is 8.34. The number of rotatable bonds is 1. The minimum Gasteiger partial charge on any atom is -0.458 e. The molecule has 0 amide bonds.